The van der Waals surface area contributed by atoms with E-state index in [0.717, 1.165) is 6.07 Å². The summed E-state index contributed by atoms with van der Waals surface area (Å²) < 4.78 is 28.7. The average molecular weight is 365 g/mol. The highest BCUT2D eigenvalue weighted by Gasteiger charge is 2.32. The summed E-state index contributed by atoms with van der Waals surface area (Å²) in [6.45, 7) is 0. The molecule has 2 aromatic rings. The minimum Gasteiger partial charge on any atom is -0.397 e. The third kappa shape index (κ3) is 2.68. The van der Waals surface area contributed by atoms with Gasteiger partial charge in [-0.1, -0.05) is 6.07 Å². The summed E-state index contributed by atoms with van der Waals surface area (Å²) in [5.41, 5.74) is 10.8. The Morgan fingerprint density at radius 1 is 1.11 bits per heavy atom. The van der Waals surface area contributed by atoms with Gasteiger partial charge >= 0.3 is 0 Å². The first-order valence-corrected chi connectivity index (χ1v) is 7.29. The fourth-order valence-corrected chi connectivity index (χ4v) is 2.67. The van der Waals surface area contributed by atoms with Gasteiger partial charge in [-0.2, -0.15) is 15.8 Å². The molecule has 0 fully saturated rings. The van der Waals surface area contributed by atoms with Crippen LogP contribution in [0.1, 0.15) is 28.3 Å². The number of rotatable bonds is 1. The van der Waals surface area contributed by atoms with E-state index in [2.05, 4.69) is 20.6 Å². The number of fused-ring (bicyclic) bond motifs is 1. The summed E-state index contributed by atoms with van der Waals surface area (Å²) in [4.78, 5) is 8.12. The topological polar surface area (TPSA) is 173 Å². The molecule has 1 aliphatic rings. The van der Waals surface area contributed by atoms with Gasteiger partial charge in [0.05, 0.1) is 11.3 Å². The first-order valence-electron chi connectivity index (χ1n) is 7.29. The lowest BCUT2D eigenvalue weighted by Gasteiger charge is -2.26. The summed E-state index contributed by atoms with van der Waals surface area (Å²) in [5.74, 6) is -2.89. The Labute approximate surface area is 151 Å². The van der Waals surface area contributed by atoms with Crippen LogP contribution in [0.4, 0.5) is 26.1 Å². The Bertz CT molecular complexity index is 1120. The highest BCUT2D eigenvalue weighted by molar-refractivity contribution is 5.98. The molecule has 132 valence electrons. The molecule has 0 aliphatic carbocycles. The van der Waals surface area contributed by atoms with Crippen LogP contribution in [0.25, 0.3) is 0 Å². The third-order valence-electron chi connectivity index (χ3n) is 3.88. The zero-order valence-electron chi connectivity index (χ0n) is 13.4. The molecule has 0 radical (unpaired) electrons. The Hall–Kier alpha value is -4.43. The number of nitrogens with one attached hydrogen (secondary N) is 2. The molecule has 3 rings (SSSR count). The second kappa shape index (κ2) is 6.47. The first-order chi connectivity index (χ1) is 12.9. The van der Waals surface area contributed by atoms with Gasteiger partial charge in [-0.05, 0) is 6.07 Å². The lowest BCUT2D eigenvalue weighted by atomic mass is 9.94. The molecular weight excluding hydrogens is 356 g/mol. The number of nitrogen functional groups attached to an aromatic ring is 2. The maximum atomic E-state index is 14.6. The van der Waals surface area contributed by atoms with Crippen LogP contribution in [0.3, 0.4) is 0 Å². The van der Waals surface area contributed by atoms with Crippen molar-refractivity contribution in [3.8, 4) is 18.3 Å². The van der Waals surface area contributed by atoms with E-state index in [1.54, 1.807) is 12.3 Å². The van der Waals surface area contributed by atoms with Crippen molar-refractivity contribution in [2.24, 2.45) is 4.99 Å². The van der Waals surface area contributed by atoms with E-state index >= 15 is 0 Å². The number of pyridine rings is 1. The molecule has 0 spiro atoms. The molecule has 0 saturated heterocycles. The highest BCUT2D eigenvalue weighted by Crippen LogP contribution is 2.41. The van der Waals surface area contributed by atoms with Gasteiger partial charge in [0.2, 0.25) is 5.96 Å². The molecular formula is C16H9F2N9. The van der Waals surface area contributed by atoms with Crippen LogP contribution in [0.5, 0.6) is 0 Å². The minimum atomic E-state index is -1.34. The first kappa shape index (κ1) is 17.4. The SMILES string of the molecule is N#CNC1=NC(c2ccc(C#N)c(F)c2F)c2c(nc(N)c(C#N)c2N)N1. The number of aromatic nitrogens is 1. The summed E-state index contributed by atoms with van der Waals surface area (Å²) >= 11 is 0. The zero-order valence-corrected chi connectivity index (χ0v) is 13.4. The number of nitriles is 3. The van der Waals surface area contributed by atoms with Crippen molar-refractivity contribution in [2.45, 2.75) is 6.04 Å². The monoisotopic (exact) mass is 365 g/mol. The summed E-state index contributed by atoms with van der Waals surface area (Å²) in [6.07, 6.45) is 1.64. The van der Waals surface area contributed by atoms with Crippen LogP contribution in [0.2, 0.25) is 0 Å². The zero-order chi connectivity index (χ0) is 19.7. The number of guanidine groups is 1. The van der Waals surface area contributed by atoms with Crippen molar-refractivity contribution in [3.63, 3.8) is 0 Å². The predicted octanol–water partition coefficient (Wildman–Crippen LogP) is 1.21. The largest absolute Gasteiger partial charge is 0.397 e. The molecule has 2 heterocycles. The molecule has 9 nitrogen and oxygen atoms in total. The summed E-state index contributed by atoms with van der Waals surface area (Å²) in [7, 11) is 0. The Morgan fingerprint density at radius 2 is 1.85 bits per heavy atom. The predicted molar refractivity (Wildman–Crippen MR) is 90.5 cm³/mol. The van der Waals surface area contributed by atoms with E-state index in [-0.39, 0.29) is 40.0 Å². The van der Waals surface area contributed by atoms with Gasteiger partial charge in [0.25, 0.3) is 0 Å². The van der Waals surface area contributed by atoms with Crippen molar-refractivity contribution in [1.29, 1.82) is 15.8 Å². The molecule has 11 heteroatoms. The molecule has 1 aromatic heterocycles. The number of anilines is 3. The second-order valence-electron chi connectivity index (χ2n) is 5.34. The quantitative estimate of drug-likeness (QED) is 0.431. The summed E-state index contributed by atoms with van der Waals surface area (Å²) in [5, 5.41) is 31.8. The molecule has 1 unspecified atom stereocenters. The van der Waals surface area contributed by atoms with Crippen molar-refractivity contribution in [1.82, 2.24) is 10.3 Å². The number of hydrogen-bond donors (Lipinski definition) is 4. The maximum Gasteiger partial charge on any atom is 0.211 e. The lowest BCUT2D eigenvalue weighted by Crippen LogP contribution is -2.33. The normalized spacial score (nSPS) is 14.6. The highest BCUT2D eigenvalue weighted by atomic mass is 19.2. The number of nitrogens with two attached hydrogens (primary N) is 2. The molecule has 0 amide bonds. The number of halogens is 2. The van der Waals surface area contributed by atoms with Crippen molar-refractivity contribution in [2.75, 3.05) is 16.8 Å². The fraction of sp³-hybridized carbons (Fsp3) is 0.0625. The van der Waals surface area contributed by atoms with Crippen LogP contribution in [0.15, 0.2) is 17.1 Å². The number of hydrogen-bond acceptors (Lipinski definition) is 9. The smallest absolute Gasteiger partial charge is 0.211 e. The standard InChI is InChI=1S/C16H9F2N9/c17-10-6(3-19)1-2-7(11(10)18)13-9-12(22)8(4-20)14(23)26-15(9)27-16(25-13)24-5-21/h1-2,13H,(H6,22,23,24,25,26,27). The Kier molecular flexibility index (Phi) is 4.17. The number of nitrogens with zero attached hydrogens (tertiary/aromatic N) is 5. The van der Waals surface area contributed by atoms with E-state index in [9.17, 15) is 14.0 Å². The molecule has 1 aliphatic heterocycles. The number of benzene rings is 1. The van der Waals surface area contributed by atoms with E-state index < -0.39 is 23.2 Å². The molecule has 1 aromatic carbocycles. The van der Waals surface area contributed by atoms with Crippen molar-refractivity contribution >= 4 is 23.3 Å². The lowest BCUT2D eigenvalue weighted by molar-refractivity contribution is 0.492. The van der Waals surface area contributed by atoms with Crippen molar-refractivity contribution < 1.29 is 8.78 Å². The van der Waals surface area contributed by atoms with Gasteiger partial charge in [0.1, 0.15) is 35.4 Å². The van der Waals surface area contributed by atoms with E-state index in [1.807, 2.05) is 0 Å². The second-order valence-corrected chi connectivity index (χ2v) is 5.34. The van der Waals surface area contributed by atoms with Gasteiger partial charge in [-0.3, -0.25) is 5.32 Å². The number of aliphatic imine (C=N–C) groups is 1. The Balaban J connectivity index is 2.31. The molecule has 1 atom stereocenters. The van der Waals surface area contributed by atoms with Crippen LogP contribution in [-0.4, -0.2) is 10.9 Å². The van der Waals surface area contributed by atoms with Gasteiger partial charge in [-0.25, -0.2) is 18.8 Å². The average Bonchev–Trinajstić information content (AvgIpc) is 2.63. The Morgan fingerprint density at radius 3 is 2.48 bits per heavy atom. The van der Waals surface area contributed by atoms with Crippen LogP contribution >= 0.6 is 0 Å². The van der Waals surface area contributed by atoms with Crippen LogP contribution in [-0.2, 0) is 0 Å². The molecule has 0 saturated carbocycles. The van der Waals surface area contributed by atoms with Gasteiger partial charge in [0, 0.05) is 11.1 Å². The molecule has 6 N–H and O–H groups in total. The molecule has 27 heavy (non-hydrogen) atoms. The van der Waals surface area contributed by atoms with Crippen molar-refractivity contribution in [3.05, 3.63) is 46.0 Å². The van der Waals surface area contributed by atoms with Gasteiger partial charge in [-0.15, -0.1) is 0 Å². The van der Waals surface area contributed by atoms with Crippen LogP contribution < -0.4 is 22.1 Å². The van der Waals surface area contributed by atoms with Gasteiger partial charge < -0.3 is 16.8 Å². The maximum absolute atomic E-state index is 14.6. The van der Waals surface area contributed by atoms with E-state index in [1.165, 1.54) is 12.1 Å². The summed E-state index contributed by atoms with van der Waals surface area (Å²) in [6, 6.07) is 4.36. The minimum absolute atomic E-state index is 0.0333. The third-order valence-corrected chi connectivity index (χ3v) is 3.88. The fourth-order valence-electron chi connectivity index (χ4n) is 2.67. The van der Waals surface area contributed by atoms with E-state index in [4.69, 9.17) is 22.0 Å². The van der Waals surface area contributed by atoms with Gasteiger partial charge in [0.15, 0.2) is 17.8 Å². The van der Waals surface area contributed by atoms with Crippen LogP contribution in [0, 0.1) is 45.8 Å². The molecule has 0 bridgehead atoms. The van der Waals surface area contributed by atoms with E-state index in [0.29, 0.717) is 0 Å².